The predicted octanol–water partition coefficient (Wildman–Crippen LogP) is 4.78. The summed E-state index contributed by atoms with van der Waals surface area (Å²) in [6.45, 7) is 1.55. The second kappa shape index (κ2) is 7.98. The van der Waals surface area contributed by atoms with Crippen molar-refractivity contribution in [2.24, 2.45) is 4.99 Å². The molecule has 5 nitrogen and oxygen atoms in total. The second-order valence-corrected chi connectivity index (χ2v) is 7.25. The van der Waals surface area contributed by atoms with E-state index in [1.807, 2.05) is 0 Å². The lowest BCUT2D eigenvalue weighted by Gasteiger charge is -2.13. The number of rotatable bonds is 4. The van der Waals surface area contributed by atoms with Gasteiger partial charge < -0.3 is 9.67 Å². The number of halogens is 5. The molecule has 1 N–H and O–H groups in total. The van der Waals surface area contributed by atoms with E-state index in [2.05, 4.69) is 4.99 Å². The summed E-state index contributed by atoms with van der Waals surface area (Å²) in [7, 11) is 0. The van der Waals surface area contributed by atoms with Crippen LogP contribution >= 0.6 is 11.3 Å². The minimum atomic E-state index is -4.57. The first-order valence-corrected chi connectivity index (χ1v) is 9.33. The van der Waals surface area contributed by atoms with Gasteiger partial charge in [-0.15, -0.1) is 0 Å². The molecule has 0 saturated heterocycles. The van der Waals surface area contributed by atoms with E-state index < -0.39 is 41.3 Å². The van der Waals surface area contributed by atoms with Crippen LogP contribution in [0.5, 0.6) is 0 Å². The van der Waals surface area contributed by atoms with Gasteiger partial charge in [-0.05, 0) is 36.8 Å². The van der Waals surface area contributed by atoms with Gasteiger partial charge in [0.2, 0.25) is 0 Å². The summed E-state index contributed by atoms with van der Waals surface area (Å²) < 4.78 is 66.7. The predicted molar refractivity (Wildman–Crippen MR) is 98.0 cm³/mol. The van der Waals surface area contributed by atoms with Gasteiger partial charge in [-0.25, -0.2) is 13.6 Å². The van der Waals surface area contributed by atoms with Crippen LogP contribution in [0.2, 0.25) is 0 Å². The van der Waals surface area contributed by atoms with Crippen LogP contribution in [0.1, 0.15) is 35.3 Å². The fourth-order valence-corrected chi connectivity index (χ4v) is 3.91. The molecule has 30 heavy (non-hydrogen) atoms. The largest absolute Gasteiger partial charge is 0.480 e. The molecule has 0 fully saturated rings. The number of aliphatic carboxylic acids is 1. The number of alkyl halides is 3. The number of carbonyl (C=O) groups excluding carboxylic acids is 1. The monoisotopic (exact) mass is 444 g/mol. The molecule has 0 spiro atoms. The van der Waals surface area contributed by atoms with Gasteiger partial charge in [0.15, 0.2) is 16.4 Å². The van der Waals surface area contributed by atoms with E-state index in [0.717, 1.165) is 52.3 Å². The molecule has 3 rings (SSSR count). The van der Waals surface area contributed by atoms with E-state index in [4.69, 9.17) is 0 Å². The van der Waals surface area contributed by atoms with Crippen molar-refractivity contribution >= 4 is 33.4 Å². The number of amides is 1. The highest BCUT2D eigenvalue weighted by molar-refractivity contribution is 7.16. The number of fused-ring (bicyclic) bond motifs is 1. The topological polar surface area (TPSA) is 71.7 Å². The number of hydrogen-bond donors (Lipinski definition) is 1. The maximum absolute atomic E-state index is 13.7. The van der Waals surface area contributed by atoms with Crippen LogP contribution in [0.3, 0.4) is 0 Å². The zero-order valence-corrected chi connectivity index (χ0v) is 16.0. The normalized spacial score (nSPS) is 13.6. The van der Waals surface area contributed by atoms with Crippen molar-refractivity contribution in [1.29, 1.82) is 0 Å². The van der Waals surface area contributed by atoms with Gasteiger partial charge >= 0.3 is 12.1 Å². The van der Waals surface area contributed by atoms with Crippen molar-refractivity contribution in [3.05, 3.63) is 64.0 Å². The maximum atomic E-state index is 13.7. The Labute approximate surface area is 169 Å². The molecule has 0 saturated carbocycles. The third kappa shape index (κ3) is 4.11. The summed E-state index contributed by atoms with van der Waals surface area (Å²) >= 11 is 0.764. The molecule has 158 valence electrons. The number of thiazole rings is 1. The summed E-state index contributed by atoms with van der Waals surface area (Å²) in [6, 6.07) is 3.79. The first-order chi connectivity index (χ1) is 14.0. The highest BCUT2D eigenvalue weighted by Gasteiger charge is 2.30. The fourth-order valence-electron chi connectivity index (χ4n) is 2.84. The maximum Gasteiger partial charge on any atom is 0.416 e. The highest BCUT2D eigenvalue weighted by Crippen LogP contribution is 2.29. The van der Waals surface area contributed by atoms with Crippen molar-refractivity contribution < 1.29 is 36.6 Å². The zero-order valence-electron chi connectivity index (χ0n) is 15.2. The molecule has 1 aromatic heterocycles. The summed E-state index contributed by atoms with van der Waals surface area (Å²) in [5.41, 5.74) is -1.07. The van der Waals surface area contributed by atoms with E-state index >= 15 is 0 Å². The van der Waals surface area contributed by atoms with Gasteiger partial charge in [0.25, 0.3) is 5.91 Å². The number of carbonyl (C=O) groups is 2. The van der Waals surface area contributed by atoms with Crippen LogP contribution in [0.15, 0.2) is 41.4 Å². The molecule has 3 aromatic rings. The van der Waals surface area contributed by atoms with Crippen molar-refractivity contribution in [3.8, 4) is 0 Å². The number of aromatic nitrogens is 1. The first-order valence-electron chi connectivity index (χ1n) is 8.52. The molecule has 0 aliphatic carbocycles. The van der Waals surface area contributed by atoms with Crippen LogP contribution in [0, 0.1) is 11.6 Å². The molecule has 2 aromatic carbocycles. The van der Waals surface area contributed by atoms with Crippen molar-refractivity contribution in [2.45, 2.75) is 25.6 Å². The molecule has 0 aliphatic rings. The smallest absolute Gasteiger partial charge is 0.416 e. The lowest BCUT2D eigenvalue weighted by Crippen LogP contribution is -2.27. The van der Waals surface area contributed by atoms with Gasteiger partial charge in [0.1, 0.15) is 6.04 Å². The molecule has 1 amide bonds. The quantitative estimate of drug-likeness (QED) is 0.589. The molecule has 0 bridgehead atoms. The number of nitrogens with zero attached hydrogens (tertiary/aromatic N) is 2. The van der Waals surface area contributed by atoms with Crippen molar-refractivity contribution in [3.63, 3.8) is 0 Å². The number of carboxylic acid groups (broad SMARTS) is 1. The Morgan fingerprint density at radius 1 is 1.13 bits per heavy atom. The van der Waals surface area contributed by atoms with Crippen molar-refractivity contribution in [2.75, 3.05) is 0 Å². The summed E-state index contributed by atoms with van der Waals surface area (Å²) in [5, 5.41) is 9.49. The Balaban J connectivity index is 2.17. The van der Waals surface area contributed by atoms with Gasteiger partial charge in [-0.2, -0.15) is 18.2 Å². The average molecular weight is 444 g/mol. The first kappa shape index (κ1) is 21.6. The van der Waals surface area contributed by atoms with Crippen LogP contribution in [-0.4, -0.2) is 21.6 Å². The lowest BCUT2D eigenvalue weighted by atomic mass is 10.1. The van der Waals surface area contributed by atoms with Gasteiger partial charge in [0.05, 0.1) is 15.8 Å². The third-order valence-electron chi connectivity index (χ3n) is 4.31. The van der Waals surface area contributed by atoms with Crippen molar-refractivity contribution in [1.82, 2.24) is 4.57 Å². The third-order valence-corrected chi connectivity index (χ3v) is 5.33. The van der Waals surface area contributed by atoms with E-state index in [0.29, 0.717) is 0 Å². The molecule has 0 radical (unpaired) electrons. The van der Waals surface area contributed by atoms with E-state index in [-0.39, 0.29) is 27.0 Å². The molecule has 0 aliphatic heterocycles. The van der Waals surface area contributed by atoms with E-state index in [9.17, 15) is 36.6 Å². The summed E-state index contributed by atoms with van der Waals surface area (Å²) in [5.74, 6) is -4.55. The summed E-state index contributed by atoms with van der Waals surface area (Å²) in [4.78, 5) is 27.8. The van der Waals surface area contributed by atoms with Gasteiger partial charge in [0, 0.05) is 11.6 Å². The Morgan fingerprint density at radius 2 is 1.73 bits per heavy atom. The minimum absolute atomic E-state index is 0.0344. The van der Waals surface area contributed by atoms with Crippen LogP contribution in [-0.2, 0) is 11.0 Å². The molecule has 1 unspecified atom stereocenters. The SMILES string of the molecule is CCC(C(=O)O)n1c(=NC(=O)c2ccc(C(F)(F)F)cc2)sc2cc(F)c(F)cc21. The van der Waals surface area contributed by atoms with Crippen LogP contribution in [0.4, 0.5) is 22.0 Å². The van der Waals surface area contributed by atoms with Crippen LogP contribution < -0.4 is 4.80 Å². The van der Waals surface area contributed by atoms with E-state index in [1.54, 1.807) is 6.92 Å². The number of carboxylic acids is 1. The molecular weight excluding hydrogens is 431 g/mol. The zero-order chi connectivity index (χ0) is 22.2. The Bertz CT molecular complexity index is 1200. The van der Waals surface area contributed by atoms with Gasteiger partial charge in [-0.3, -0.25) is 4.79 Å². The number of benzene rings is 2. The van der Waals surface area contributed by atoms with Crippen LogP contribution in [0.25, 0.3) is 10.2 Å². The molecule has 11 heteroatoms. The minimum Gasteiger partial charge on any atom is -0.480 e. The highest BCUT2D eigenvalue weighted by atomic mass is 32.1. The Kier molecular flexibility index (Phi) is 5.75. The van der Waals surface area contributed by atoms with E-state index in [1.165, 1.54) is 0 Å². The second-order valence-electron chi connectivity index (χ2n) is 6.24. The average Bonchev–Trinajstić information content (AvgIpc) is 2.99. The molecule has 1 atom stereocenters. The fraction of sp³-hybridized carbons (Fsp3) is 0.211. The standard InChI is InChI=1S/C19H13F5N2O3S/c1-2-13(17(28)29)26-14-7-11(20)12(21)8-15(14)30-18(26)25-16(27)9-3-5-10(6-4-9)19(22,23)24/h3-8,13H,2H2,1H3,(H,28,29). The Morgan fingerprint density at radius 3 is 2.27 bits per heavy atom. The molecular formula is C19H13F5N2O3S. The van der Waals surface area contributed by atoms with Gasteiger partial charge in [-0.1, -0.05) is 18.3 Å². The summed E-state index contributed by atoms with van der Waals surface area (Å²) in [6.07, 6.45) is -4.51. The Hall–Kier alpha value is -3.08. The molecule has 1 heterocycles. The number of hydrogen-bond acceptors (Lipinski definition) is 3. The lowest BCUT2D eigenvalue weighted by molar-refractivity contribution is -0.141.